The second-order valence-corrected chi connectivity index (χ2v) is 7.36. The van der Waals surface area contributed by atoms with E-state index in [1.165, 1.54) is 0 Å². The van der Waals surface area contributed by atoms with Crippen molar-refractivity contribution < 1.29 is 14.2 Å². The number of nitrogens with two attached hydrogens (primary N) is 1. The highest BCUT2D eigenvalue weighted by Gasteiger charge is 2.35. The van der Waals surface area contributed by atoms with Gasteiger partial charge in [-0.25, -0.2) is 0 Å². The predicted molar refractivity (Wildman–Crippen MR) is 115 cm³/mol. The van der Waals surface area contributed by atoms with E-state index in [-0.39, 0.29) is 11.8 Å². The Morgan fingerprint density at radius 1 is 1.07 bits per heavy atom. The van der Waals surface area contributed by atoms with Gasteiger partial charge >= 0.3 is 0 Å². The maximum atomic E-state index is 9.82. The van der Waals surface area contributed by atoms with Crippen LogP contribution in [0.15, 0.2) is 76.9 Å². The van der Waals surface area contributed by atoms with E-state index in [2.05, 4.69) is 12.1 Å². The fourth-order valence-electron chi connectivity index (χ4n) is 4.17. The molecule has 0 spiro atoms. The number of allylic oxidation sites excluding steroid dienone is 3. The molecule has 2 aromatic rings. The molecule has 4 rings (SSSR count). The molecular weight excluding hydrogens is 376 g/mol. The molecule has 0 saturated heterocycles. The first-order chi connectivity index (χ1) is 14.6. The minimum absolute atomic E-state index is 0.169. The third kappa shape index (κ3) is 3.65. The molecule has 1 aliphatic carbocycles. The molecule has 0 radical (unpaired) electrons. The zero-order chi connectivity index (χ0) is 21.1. The normalized spacial score (nSPS) is 19.8. The Kier molecular flexibility index (Phi) is 5.49. The van der Waals surface area contributed by atoms with Gasteiger partial charge in [0.1, 0.15) is 28.9 Å². The Balaban J connectivity index is 1.82. The summed E-state index contributed by atoms with van der Waals surface area (Å²) in [5, 5.41) is 9.82. The lowest BCUT2D eigenvalue weighted by Crippen LogP contribution is -2.23. The summed E-state index contributed by atoms with van der Waals surface area (Å²) in [7, 11) is 3.30. The summed E-state index contributed by atoms with van der Waals surface area (Å²) in [6.45, 7) is 0. The molecule has 1 heterocycles. The van der Waals surface area contributed by atoms with Crippen molar-refractivity contribution in [2.75, 3.05) is 14.2 Å². The number of ether oxygens (including phenoxy) is 3. The van der Waals surface area contributed by atoms with Crippen LogP contribution in [0.4, 0.5) is 0 Å². The molecule has 1 aliphatic heterocycles. The average Bonchev–Trinajstić information content (AvgIpc) is 2.78. The van der Waals surface area contributed by atoms with Gasteiger partial charge in [-0.15, -0.1) is 0 Å². The summed E-state index contributed by atoms with van der Waals surface area (Å²) in [5.74, 6) is 2.28. The van der Waals surface area contributed by atoms with E-state index in [1.807, 2.05) is 48.5 Å². The molecule has 0 bridgehead atoms. The van der Waals surface area contributed by atoms with E-state index in [0.29, 0.717) is 5.57 Å². The van der Waals surface area contributed by atoms with Crippen molar-refractivity contribution >= 4 is 6.08 Å². The summed E-state index contributed by atoms with van der Waals surface area (Å²) in [5.41, 5.74) is 10.9. The summed E-state index contributed by atoms with van der Waals surface area (Å²) < 4.78 is 16.8. The average molecular weight is 400 g/mol. The largest absolute Gasteiger partial charge is 0.497 e. The molecule has 1 unspecified atom stereocenters. The van der Waals surface area contributed by atoms with Gasteiger partial charge in [-0.3, -0.25) is 0 Å². The molecule has 5 nitrogen and oxygen atoms in total. The summed E-state index contributed by atoms with van der Waals surface area (Å²) in [6, 6.07) is 18.0. The predicted octanol–water partition coefficient (Wildman–Crippen LogP) is 5.03. The molecule has 152 valence electrons. The quantitative estimate of drug-likeness (QED) is 0.778. The van der Waals surface area contributed by atoms with Crippen molar-refractivity contribution in [1.82, 2.24) is 0 Å². The molecule has 1 atom stereocenters. The lowest BCUT2D eigenvalue weighted by molar-refractivity contribution is 0.277. The molecule has 2 aromatic carbocycles. The first-order valence-electron chi connectivity index (χ1n) is 9.94. The van der Waals surface area contributed by atoms with Crippen molar-refractivity contribution in [3.8, 4) is 17.6 Å². The van der Waals surface area contributed by atoms with Gasteiger partial charge in [0.2, 0.25) is 5.88 Å². The van der Waals surface area contributed by atoms with Crippen LogP contribution in [-0.2, 0) is 4.74 Å². The number of rotatable bonds is 4. The van der Waals surface area contributed by atoms with Gasteiger partial charge in [0, 0.05) is 5.92 Å². The second kappa shape index (κ2) is 8.38. The summed E-state index contributed by atoms with van der Waals surface area (Å²) >= 11 is 0. The first kappa shape index (κ1) is 19.7. The van der Waals surface area contributed by atoms with Crippen LogP contribution in [0.5, 0.6) is 11.5 Å². The number of hydrogen-bond acceptors (Lipinski definition) is 5. The number of hydrogen-bond donors (Lipinski definition) is 1. The molecule has 0 fully saturated rings. The standard InChI is InChI=1S/C25H24N2O3/c1-28-19-9-3-6-16(13-19)12-18-8-5-11-21-23(17-7-4-10-20(14-17)29-2)22(15-26)25(27)30-24(18)21/h3-4,6-7,9-10,12-14,23H,5,8,11,27H2,1-2H3/b18-12-. The van der Waals surface area contributed by atoms with Gasteiger partial charge in [0.05, 0.1) is 14.2 Å². The third-order valence-corrected chi connectivity index (χ3v) is 5.57. The molecule has 5 heteroatoms. The van der Waals surface area contributed by atoms with E-state index >= 15 is 0 Å². The van der Waals surface area contributed by atoms with Gasteiger partial charge in [-0.1, -0.05) is 24.3 Å². The fourth-order valence-corrected chi connectivity index (χ4v) is 4.17. The van der Waals surface area contributed by atoms with E-state index in [9.17, 15) is 5.26 Å². The van der Waals surface area contributed by atoms with Crippen LogP contribution in [0.2, 0.25) is 0 Å². The van der Waals surface area contributed by atoms with Crippen LogP contribution in [0.25, 0.3) is 6.08 Å². The Morgan fingerprint density at radius 2 is 1.80 bits per heavy atom. The SMILES string of the molecule is COc1cccc(/C=C2/CCCC3=C2OC(N)=C(C#N)C3c2cccc(OC)c2)c1. The molecule has 30 heavy (non-hydrogen) atoms. The zero-order valence-electron chi connectivity index (χ0n) is 17.1. The van der Waals surface area contributed by atoms with Gasteiger partial charge in [-0.05, 0) is 71.9 Å². The van der Waals surface area contributed by atoms with Crippen molar-refractivity contribution in [2.45, 2.75) is 25.2 Å². The molecule has 2 N–H and O–H groups in total. The van der Waals surface area contributed by atoms with Gasteiger partial charge < -0.3 is 19.9 Å². The number of benzene rings is 2. The minimum atomic E-state index is -0.233. The summed E-state index contributed by atoms with van der Waals surface area (Å²) in [4.78, 5) is 0. The Labute approximate surface area is 176 Å². The third-order valence-electron chi connectivity index (χ3n) is 5.57. The fraction of sp³-hybridized carbons (Fsp3) is 0.240. The lowest BCUT2D eigenvalue weighted by Gasteiger charge is -2.33. The van der Waals surface area contributed by atoms with Crippen molar-refractivity contribution in [3.05, 3.63) is 88.0 Å². The topological polar surface area (TPSA) is 77.5 Å². The van der Waals surface area contributed by atoms with Crippen LogP contribution in [0.1, 0.15) is 36.3 Å². The molecule has 0 aromatic heterocycles. The van der Waals surface area contributed by atoms with Gasteiger partial charge in [0.15, 0.2) is 0 Å². The van der Waals surface area contributed by atoms with Crippen LogP contribution < -0.4 is 15.2 Å². The van der Waals surface area contributed by atoms with E-state index < -0.39 is 0 Å². The number of methoxy groups -OCH3 is 2. The maximum absolute atomic E-state index is 9.82. The molecule has 0 amide bonds. The Morgan fingerprint density at radius 3 is 2.53 bits per heavy atom. The smallest absolute Gasteiger partial charge is 0.205 e. The Hall–Kier alpha value is -3.65. The lowest BCUT2D eigenvalue weighted by atomic mass is 9.77. The molecule has 2 aliphatic rings. The van der Waals surface area contributed by atoms with E-state index in [0.717, 1.165) is 58.8 Å². The van der Waals surface area contributed by atoms with E-state index in [4.69, 9.17) is 19.9 Å². The highest BCUT2D eigenvalue weighted by molar-refractivity contribution is 5.63. The minimum Gasteiger partial charge on any atom is -0.497 e. The Bertz CT molecular complexity index is 1110. The first-order valence-corrected chi connectivity index (χ1v) is 9.94. The van der Waals surface area contributed by atoms with Crippen molar-refractivity contribution in [3.63, 3.8) is 0 Å². The van der Waals surface area contributed by atoms with Crippen LogP contribution in [0, 0.1) is 11.3 Å². The van der Waals surface area contributed by atoms with Crippen LogP contribution >= 0.6 is 0 Å². The van der Waals surface area contributed by atoms with Crippen molar-refractivity contribution in [2.24, 2.45) is 5.73 Å². The van der Waals surface area contributed by atoms with E-state index in [1.54, 1.807) is 14.2 Å². The monoisotopic (exact) mass is 400 g/mol. The summed E-state index contributed by atoms with van der Waals surface area (Å²) in [6.07, 6.45) is 4.84. The molecular formula is C25H24N2O3. The zero-order valence-corrected chi connectivity index (χ0v) is 17.1. The maximum Gasteiger partial charge on any atom is 0.205 e. The highest BCUT2D eigenvalue weighted by atomic mass is 16.5. The van der Waals surface area contributed by atoms with Crippen LogP contribution in [-0.4, -0.2) is 14.2 Å². The van der Waals surface area contributed by atoms with Crippen molar-refractivity contribution in [1.29, 1.82) is 5.26 Å². The number of nitrogens with zero attached hydrogens (tertiary/aromatic N) is 1. The van der Waals surface area contributed by atoms with Gasteiger partial charge in [-0.2, -0.15) is 5.26 Å². The highest BCUT2D eigenvalue weighted by Crippen LogP contribution is 2.47. The van der Waals surface area contributed by atoms with Crippen LogP contribution in [0.3, 0.4) is 0 Å². The number of nitriles is 1. The van der Waals surface area contributed by atoms with Gasteiger partial charge in [0.25, 0.3) is 0 Å². The molecule has 0 saturated carbocycles. The second-order valence-electron chi connectivity index (χ2n) is 7.36.